The summed E-state index contributed by atoms with van der Waals surface area (Å²) in [5.41, 5.74) is 5.75. The van der Waals surface area contributed by atoms with Gasteiger partial charge in [-0.15, -0.1) is 0 Å². The van der Waals surface area contributed by atoms with Gasteiger partial charge in [0.05, 0.1) is 0 Å². The van der Waals surface area contributed by atoms with E-state index in [2.05, 4.69) is 95.6 Å². The lowest BCUT2D eigenvalue weighted by atomic mass is 10.0. The number of thioether (sulfide) groups is 4. The number of benzene rings is 2. The first-order valence-corrected chi connectivity index (χ1v) is 13.3. The lowest BCUT2D eigenvalue weighted by molar-refractivity contribution is 1.17. The third kappa shape index (κ3) is 6.50. The summed E-state index contributed by atoms with van der Waals surface area (Å²) >= 11 is 8.34. The molecule has 2 aromatic carbocycles. The van der Waals surface area contributed by atoms with Crippen molar-refractivity contribution in [2.75, 3.05) is 23.0 Å². The van der Waals surface area contributed by atoms with Crippen molar-refractivity contribution in [3.63, 3.8) is 0 Å². The standard InChI is InChI=1S/C21H24S4/c1-5-18(10-22-12-20-14-24-20)6-2-16(1)9-17-3-7-19(8-4-17)11-23-13-21-15-25-21/h1-8,20-21H,9-15H2. The van der Waals surface area contributed by atoms with Crippen LogP contribution in [0.5, 0.6) is 0 Å². The molecule has 0 spiro atoms. The van der Waals surface area contributed by atoms with Gasteiger partial charge in [0, 0.05) is 45.0 Å². The predicted molar refractivity (Wildman–Crippen MR) is 121 cm³/mol. The van der Waals surface area contributed by atoms with Crippen LogP contribution in [0.15, 0.2) is 48.5 Å². The highest BCUT2D eigenvalue weighted by Crippen LogP contribution is 2.34. The molecule has 2 aromatic rings. The van der Waals surface area contributed by atoms with Crippen molar-refractivity contribution in [1.82, 2.24) is 0 Å². The van der Waals surface area contributed by atoms with E-state index in [1.165, 1.54) is 45.3 Å². The van der Waals surface area contributed by atoms with Crippen molar-refractivity contribution in [2.24, 2.45) is 0 Å². The molecule has 0 N–H and O–H groups in total. The number of rotatable bonds is 10. The number of hydrogen-bond acceptors (Lipinski definition) is 4. The first-order chi connectivity index (χ1) is 12.3. The highest BCUT2D eigenvalue weighted by Gasteiger charge is 2.22. The summed E-state index contributed by atoms with van der Waals surface area (Å²) < 4.78 is 0. The van der Waals surface area contributed by atoms with E-state index in [0.29, 0.717) is 0 Å². The van der Waals surface area contributed by atoms with Gasteiger partial charge in [-0.1, -0.05) is 48.5 Å². The van der Waals surface area contributed by atoms with Crippen molar-refractivity contribution in [2.45, 2.75) is 28.4 Å². The first kappa shape index (κ1) is 18.2. The second-order valence-corrected chi connectivity index (χ2v) is 11.5. The SMILES string of the molecule is c1cc(Cc2ccc(CSCC3CS3)cc2)ccc1CSCC1CS1. The van der Waals surface area contributed by atoms with Crippen molar-refractivity contribution in [3.8, 4) is 0 Å². The van der Waals surface area contributed by atoms with Gasteiger partial charge in [-0.3, -0.25) is 0 Å². The molecule has 132 valence electrons. The van der Waals surface area contributed by atoms with E-state index in [1.54, 1.807) is 0 Å². The maximum absolute atomic E-state index is 2.31. The molecule has 0 bridgehead atoms. The van der Waals surface area contributed by atoms with Crippen LogP contribution in [0.3, 0.4) is 0 Å². The summed E-state index contributed by atoms with van der Waals surface area (Å²) in [5.74, 6) is 7.70. The smallest absolute Gasteiger partial charge is 0.0229 e. The lowest BCUT2D eigenvalue weighted by Gasteiger charge is -2.06. The summed E-state index contributed by atoms with van der Waals surface area (Å²) in [6, 6.07) is 18.5. The van der Waals surface area contributed by atoms with Crippen LogP contribution in [0.25, 0.3) is 0 Å². The average Bonchev–Trinajstić information content (AvgIpc) is 3.53. The van der Waals surface area contributed by atoms with Crippen LogP contribution in [-0.2, 0) is 17.9 Å². The molecular weight excluding hydrogens is 380 g/mol. The van der Waals surface area contributed by atoms with Gasteiger partial charge in [0.2, 0.25) is 0 Å². The van der Waals surface area contributed by atoms with E-state index in [0.717, 1.165) is 28.4 Å². The summed E-state index contributed by atoms with van der Waals surface area (Å²) in [5, 5.41) is 1.89. The highest BCUT2D eigenvalue weighted by molar-refractivity contribution is 8.09. The van der Waals surface area contributed by atoms with E-state index < -0.39 is 0 Å². The minimum Gasteiger partial charge on any atom is -0.156 e. The molecule has 2 aliphatic rings. The third-order valence-electron chi connectivity index (χ3n) is 4.40. The van der Waals surface area contributed by atoms with Crippen LogP contribution in [0, 0.1) is 0 Å². The van der Waals surface area contributed by atoms with E-state index in [4.69, 9.17) is 0 Å². The lowest BCUT2D eigenvalue weighted by Crippen LogP contribution is -1.92. The second kappa shape index (κ2) is 9.16. The minimum atomic E-state index is 0.943. The zero-order valence-corrected chi connectivity index (χ0v) is 17.6. The first-order valence-electron chi connectivity index (χ1n) is 8.89. The fourth-order valence-corrected chi connectivity index (χ4v) is 6.69. The Kier molecular flexibility index (Phi) is 6.68. The third-order valence-corrected chi connectivity index (χ3v) is 9.12. The fourth-order valence-electron chi connectivity index (χ4n) is 2.69. The van der Waals surface area contributed by atoms with Gasteiger partial charge in [-0.25, -0.2) is 0 Å². The van der Waals surface area contributed by atoms with Crippen LogP contribution in [-0.4, -0.2) is 33.5 Å². The summed E-state index contributed by atoms with van der Waals surface area (Å²) in [7, 11) is 0. The average molecular weight is 405 g/mol. The molecule has 4 rings (SSSR count). The zero-order chi connectivity index (χ0) is 16.9. The molecule has 0 radical (unpaired) electrons. The van der Waals surface area contributed by atoms with Gasteiger partial charge in [-0.2, -0.15) is 47.0 Å². The van der Waals surface area contributed by atoms with Crippen molar-refractivity contribution < 1.29 is 0 Å². The molecule has 2 unspecified atom stereocenters. The normalized spacial score (nSPS) is 21.3. The Bertz CT molecular complexity index is 598. The predicted octanol–water partition coefficient (Wildman–Crippen LogP) is 5.97. The van der Waals surface area contributed by atoms with Gasteiger partial charge < -0.3 is 0 Å². The Labute approximate surface area is 168 Å². The molecule has 2 aliphatic heterocycles. The van der Waals surface area contributed by atoms with Crippen molar-refractivity contribution in [1.29, 1.82) is 0 Å². The molecule has 2 saturated heterocycles. The highest BCUT2D eigenvalue weighted by atomic mass is 32.2. The Morgan fingerprint density at radius 3 is 1.36 bits per heavy atom. The van der Waals surface area contributed by atoms with Crippen LogP contribution in [0.2, 0.25) is 0 Å². The maximum atomic E-state index is 2.31. The van der Waals surface area contributed by atoms with Gasteiger partial charge in [0.1, 0.15) is 0 Å². The Balaban J connectivity index is 1.22. The largest absolute Gasteiger partial charge is 0.156 e. The summed E-state index contributed by atoms with van der Waals surface area (Å²) in [6.07, 6.45) is 1.04. The van der Waals surface area contributed by atoms with E-state index in [9.17, 15) is 0 Å². The van der Waals surface area contributed by atoms with Crippen molar-refractivity contribution in [3.05, 3.63) is 70.8 Å². The molecule has 4 heteroatoms. The number of hydrogen-bond donors (Lipinski definition) is 0. The molecule has 2 fully saturated rings. The molecule has 0 saturated carbocycles. The second-order valence-electron chi connectivity index (χ2n) is 6.75. The summed E-state index contributed by atoms with van der Waals surface area (Å²) in [4.78, 5) is 0. The fraction of sp³-hybridized carbons (Fsp3) is 0.429. The zero-order valence-electron chi connectivity index (χ0n) is 14.4. The topological polar surface area (TPSA) is 0 Å². The Morgan fingerprint density at radius 2 is 1.00 bits per heavy atom. The van der Waals surface area contributed by atoms with Gasteiger partial charge in [0.15, 0.2) is 0 Å². The minimum absolute atomic E-state index is 0.943. The molecule has 0 amide bonds. The van der Waals surface area contributed by atoms with E-state index in [1.807, 2.05) is 0 Å². The van der Waals surface area contributed by atoms with Crippen LogP contribution in [0.1, 0.15) is 22.3 Å². The monoisotopic (exact) mass is 404 g/mol. The molecule has 25 heavy (non-hydrogen) atoms. The van der Waals surface area contributed by atoms with Crippen LogP contribution < -0.4 is 0 Å². The molecule has 0 aromatic heterocycles. The molecule has 0 aliphatic carbocycles. The summed E-state index contributed by atoms with van der Waals surface area (Å²) in [6.45, 7) is 0. The van der Waals surface area contributed by atoms with Crippen LogP contribution >= 0.6 is 47.0 Å². The van der Waals surface area contributed by atoms with Crippen LogP contribution in [0.4, 0.5) is 0 Å². The van der Waals surface area contributed by atoms with Gasteiger partial charge >= 0.3 is 0 Å². The Morgan fingerprint density at radius 1 is 0.640 bits per heavy atom. The molecular formula is C21H24S4. The van der Waals surface area contributed by atoms with Gasteiger partial charge in [-0.05, 0) is 28.7 Å². The maximum Gasteiger partial charge on any atom is 0.0229 e. The van der Waals surface area contributed by atoms with E-state index in [-0.39, 0.29) is 0 Å². The Hall–Kier alpha value is -0.160. The molecule has 0 nitrogen and oxygen atoms in total. The molecule has 2 atom stereocenters. The molecule has 2 heterocycles. The van der Waals surface area contributed by atoms with Gasteiger partial charge in [0.25, 0.3) is 0 Å². The van der Waals surface area contributed by atoms with E-state index >= 15 is 0 Å². The quantitative estimate of drug-likeness (QED) is 0.447. The van der Waals surface area contributed by atoms with Crippen molar-refractivity contribution >= 4 is 47.0 Å².